The number of carboxylic acid groups (broad SMARTS) is 1. The number of halogens is 1. The lowest BCUT2D eigenvalue weighted by atomic mass is 9.92. The lowest BCUT2D eigenvalue weighted by Crippen LogP contribution is -2.39. The van der Waals surface area contributed by atoms with Gasteiger partial charge in [-0.05, 0) is 62.2 Å². The van der Waals surface area contributed by atoms with Gasteiger partial charge >= 0.3 is 5.97 Å². The Morgan fingerprint density at radius 3 is 2.67 bits per heavy atom. The summed E-state index contributed by atoms with van der Waals surface area (Å²) < 4.78 is 13.8. The van der Waals surface area contributed by atoms with Crippen LogP contribution < -0.4 is 0 Å². The van der Waals surface area contributed by atoms with Crippen LogP contribution in [0.4, 0.5) is 4.39 Å². The summed E-state index contributed by atoms with van der Waals surface area (Å²) in [5.74, 6) is -1.29. The second kappa shape index (κ2) is 7.09. The van der Waals surface area contributed by atoms with Crippen molar-refractivity contribution in [2.24, 2.45) is 5.92 Å². The summed E-state index contributed by atoms with van der Waals surface area (Å²) in [7, 11) is 0. The molecule has 0 bridgehead atoms. The molecule has 1 aromatic heterocycles. The number of piperidine rings is 1. The van der Waals surface area contributed by atoms with E-state index in [0.717, 1.165) is 16.8 Å². The number of carboxylic acids is 1. The number of hydrogen-bond donors (Lipinski definition) is 1. The van der Waals surface area contributed by atoms with Crippen LogP contribution in [0.1, 0.15) is 35.7 Å². The second-order valence-corrected chi connectivity index (χ2v) is 6.31. The molecule has 1 aliphatic heterocycles. The van der Waals surface area contributed by atoms with Crippen molar-refractivity contribution < 1.29 is 14.3 Å². The zero-order valence-electron chi connectivity index (χ0n) is 13.7. The van der Waals surface area contributed by atoms with Gasteiger partial charge in [0.1, 0.15) is 5.82 Å². The van der Waals surface area contributed by atoms with Crippen LogP contribution >= 0.6 is 0 Å². The summed E-state index contributed by atoms with van der Waals surface area (Å²) >= 11 is 0. The average molecular weight is 328 g/mol. The van der Waals surface area contributed by atoms with Crippen LogP contribution in [0.5, 0.6) is 0 Å². The van der Waals surface area contributed by atoms with E-state index in [1.54, 1.807) is 18.3 Å². The van der Waals surface area contributed by atoms with Crippen LogP contribution in [0.25, 0.3) is 0 Å². The van der Waals surface area contributed by atoms with Crippen LogP contribution in [0.15, 0.2) is 42.6 Å². The van der Waals surface area contributed by atoms with E-state index in [1.807, 2.05) is 25.1 Å². The number of pyridine rings is 1. The largest absolute Gasteiger partial charge is 0.481 e. The molecule has 0 saturated carbocycles. The van der Waals surface area contributed by atoms with Gasteiger partial charge in [-0.15, -0.1) is 0 Å². The summed E-state index contributed by atoms with van der Waals surface area (Å²) in [5, 5.41) is 9.20. The van der Waals surface area contributed by atoms with Crippen molar-refractivity contribution in [2.75, 3.05) is 13.1 Å². The number of aryl methyl sites for hydroxylation is 1. The molecule has 1 atom stereocenters. The third-order valence-corrected chi connectivity index (χ3v) is 4.72. The molecule has 1 N–H and O–H groups in total. The molecule has 0 aliphatic carbocycles. The van der Waals surface area contributed by atoms with Crippen LogP contribution in [-0.2, 0) is 4.79 Å². The van der Waals surface area contributed by atoms with Crippen molar-refractivity contribution in [1.82, 2.24) is 9.88 Å². The van der Waals surface area contributed by atoms with Gasteiger partial charge in [0, 0.05) is 6.20 Å². The highest BCUT2D eigenvalue weighted by Gasteiger charge is 2.31. The van der Waals surface area contributed by atoms with E-state index in [4.69, 9.17) is 0 Å². The first-order chi connectivity index (χ1) is 11.6. The highest BCUT2D eigenvalue weighted by Crippen LogP contribution is 2.33. The van der Waals surface area contributed by atoms with Gasteiger partial charge in [0.2, 0.25) is 0 Å². The molecule has 1 unspecified atom stereocenters. The summed E-state index contributed by atoms with van der Waals surface area (Å²) in [6.45, 7) is 3.32. The third kappa shape index (κ3) is 3.46. The first-order valence-electron chi connectivity index (χ1n) is 8.20. The van der Waals surface area contributed by atoms with E-state index in [2.05, 4.69) is 9.88 Å². The molecule has 126 valence electrons. The molecule has 1 saturated heterocycles. The summed E-state index contributed by atoms with van der Waals surface area (Å²) in [6, 6.07) is 10.3. The quantitative estimate of drug-likeness (QED) is 0.934. The smallest absolute Gasteiger partial charge is 0.306 e. The molecule has 4 nitrogen and oxygen atoms in total. The number of nitrogens with zero attached hydrogens (tertiary/aromatic N) is 2. The Labute approximate surface area is 141 Å². The number of carbonyl (C=O) groups is 1. The summed E-state index contributed by atoms with van der Waals surface area (Å²) in [4.78, 5) is 17.9. The van der Waals surface area contributed by atoms with Gasteiger partial charge in [-0.1, -0.05) is 18.2 Å². The molecular weight excluding hydrogens is 307 g/mol. The Balaban J connectivity index is 1.95. The average Bonchev–Trinajstić information content (AvgIpc) is 2.57. The minimum atomic E-state index is -0.731. The van der Waals surface area contributed by atoms with Crippen molar-refractivity contribution in [3.8, 4) is 0 Å². The van der Waals surface area contributed by atoms with E-state index in [0.29, 0.717) is 25.9 Å². The molecule has 1 fully saturated rings. The fourth-order valence-electron chi connectivity index (χ4n) is 3.41. The highest BCUT2D eigenvalue weighted by molar-refractivity contribution is 5.70. The van der Waals surface area contributed by atoms with Gasteiger partial charge in [-0.2, -0.15) is 0 Å². The Hall–Kier alpha value is -2.27. The van der Waals surface area contributed by atoms with E-state index in [-0.39, 0.29) is 17.8 Å². The lowest BCUT2D eigenvalue weighted by molar-refractivity contribution is -0.143. The Morgan fingerprint density at radius 1 is 1.29 bits per heavy atom. The molecule has 5 heteroatoms. The summed E-state index contributed by atoms with van der Waals surface area (Å²) in [6.07, 6.45) is 2.96. The van der Waals surface area contributed by atoms with Crippen LogP contribution in [-0.4, -0.2) is 34.0 Å². The summed E-state index contributed by atoms with van der Waals surface area (Å²) in [5.41, 5.74) is 2.80. The molecule has 1 aliphatic rings. The molecule has 3 rings (SSSR count). The molecule has 0 spiro atoms. The molecule has 2 heterocycles. The van der Waals surface area contributed by atoms with E-state index in [1.165, 1.54) is 6.07 Å². The lowest BCUT2D eigenvalue weighted by Gasteiger charge is -2.37. The fourth-order valence-corrected chi connectivity index (χ4v) is 3.41. The number of rotatable bonds is 4. The monoisotopic (exact) mass is 328 g/mol. The Kier molecular flexibility index (Phi) is 4.90. The maximum Gasteiger partial charge on any atom is 0.306 e. The predicted octanol–water partition coefficient (Wildman–Crippen LogP) is 3.42. The van der Waals surface area contributed by atoms with Crippen LogP contribution in [0.2, 0.25) is 0 Å². The standard InChI is InChI=1S/C19H21FN2O2/c1-13-4-3-9-21-17(13)18(15-5-2-6-16(20)12-15)22-10-7-14(8-11-22)19(23)24/h2-6,9,12,14,18H,7-8,10-11H2,1H3,(H,23,24). The minimum absolute atomic E-state index is 0.156. The van der Waals surface area contributed by atoms with E-state index >= 15 is 0 Å². The van der Waals surface area contributed by atoms with Crippen LogP contribution in [0, 0.1) is 18.7 Å². The van der Waals surface area contributed by atoms with E-state index < -0.39 is 5.97 Å². The molecule has 1 aromatic carbocycles. The van der Waals surface area contributed by atoms with Gasteiger partial charge in [0.15, 0.2) is 0 Å². The fraction of sp³-hybridized carbons (Fsp3) is 0.368. The second-order valence-electron chi connectivity index (χ2n) is 6.31. The van der Waals surface area contributed by atoms with Crippen molar-refractivity contribution >= 4 is 5.97 Å². The maximum atomic E-state index is 13.8. The van der Waals surface area contributed by atoms with Gasteiger partial charge in [0.25, 0.3) is 0 Å². The van der Waals surface area contributed by atoms with E-state index in [9.17, 15) is 14.3 Å². The minimum Gasteiger partial charge on any atom is -0.481 e. The van der Waals surface area contributed by atoms with Crippen LogP contribution in [0.3, 0.4) is 0 Å². The molecule has 2 aromatic rings. The zero-order valence-corrected chi connectivity index (χ0v) is 13.7. The topological polar surface area (TPSA) is 53.4 Å². The van der Waals surface area contributed by atoms with Gasteiger partial charge in [-0.3, -0.25) is 14.7 Å². The van der Waals surface area contributed by atoms with Crippen molar-refractivity contribution in [3.05, 3.63) is 65.2 Å². The third-order valence-electron chi connectivity index (χ3n) is 4.72. The zero-order chi connectivity index (χ0) is 17.1. The normalized spacial score (nSPS) is 17.6. The number of benzene rings is 1. The predicted molar refractivity (Wildman–Crippen MR) is 89.1 cm³/mol. The molecule has 0 amide bonds. The molecular formula is C19H21FN2O2. The van der Waals surface area contributed by atoms with Gasteiger partial charge in [0.05, 0.1) is 17.7 Å². The molecule has 0 radical (unpaired) electrons. The van der Waals surface area contributed by atoms with Crippen molar-refractivity contribution in [3.63, 3.8) is 0 Å². The first-order valence-corrected chi connectivity index (χ1v) is 8.20. The molecule has 24 heavy (non-hydrogen) atoms. The van der Waals surface area contributed by atoms with Crippen molar-refractivity contribution in [1.29, 1.82) is 0 Å². The first kappa shape index (κ1) is 16.6. The SMILES string of the molecule is Cc1cccnc1C(c1cccc(F)c1)N1CCC(C(=O)O)CC1. The van der Waals surface area contributed by atoms with Crippen molar-refractivity contribution in [2.45, 2.75) is 25.8 Å². The van der Waals surface area contributed by atoms with Gasteiger partial charge < -0.3 is 5.11 Å². The number of likely N-dealkylation sites (tertiary alicyclic amines) is 1. The number of aromatic nitrogens is 1. The van der Waals surface area contributed by atoms with Gasteiger partial charge in [-0.25, -0.2) is 4.39 Å². The number of aliphatic carboxylic acids is 1. The Bertz CT molecular complexity index is 727. The number of hydrogen-bond acceptors (Lipinski definition) is 3. The maximum absolute atomic E-state index is 13.8. The highest BCUT2D eigenvalue weighted by atomic mass is 19.1. The Morgan fingerprint density at radius 2 is 2.04 bits per heavy atom.